The smallest absolute Gasteiger partial charge is 0.237 e. The van der Waals surface area contributed by atoms with Gasteiger partial charge in [-0.2, -0.15) is 4.31 Å². The second kappa shape index (κ2) is 8.54. The van der Waals surface area contributed by atoms with Crippen LogP contribution in [0.2, 0.25) is 0 Å². The Morgan fingerprint density at radius 2 is 1.35 bits per heavy atom. The molecule has 2 heterocycles. The third kappa shape index (κ3) is 3.77. The molecular formula is C26H24N2O4S2. The lowest BCUT2D eigenvalue weighted by atomic mass is 10.1. The number of para-hydroxylation sites is 1. The number of aryl methyl sites for hydroxylation is 1. The molecule has 6 nitrogen and oxygen atoms in total. The van der Waals surface area contributed by atoms with Crippen LogP contribution in [0.25, 0.3) is 10.9 Å². The third-order valence-electron chi connectivity index (χ3n) is 6.10. The SMILES string of the molecule is Cc1ccc(S(=O)(=O)N2C/C=C\Cc3c(c4ccccc4n3S(=O)(=O)c3ccccc3)C2)cc1. The fourth-order valence-corrected chi connectivity index (χ4v) is 7.32. The van der Waals surface area contributed by atoms with Crippen molar-refractivity contribution in [2.24, 2.45) is 0 Å². The van der Waals surface area contributed by atoms with Crippen LogP contribution in [0.5, 0.6) is 0 Å². The summed E-state index contributed by atoms with van der Waals surface area (Å²) >= 11 is 0. The highest BCUT2D eigenvalue weighted by atomic mass is 32.2. The summed E-state index contributed by atoms with van der Waals surface area (Å²) in [6, 6.07) is 22.3. The van der Waals surface area contributed by atoms with E-state index in [4.69, 9.17) is 0 Å². The number of hydrogen-bond donors (Lipinski definition) is 0. The van der Waals surface area contributed by atoms with Crippen molar-refractivity contribution in [3.8, 4) is 0 Å². The summed E-state index contributed by atoms with van der Waals surface area (Å²) < 4.78 is 57.2. The van der Waals surface area contributed by atoms with Gasteiger partial charge in [0.25, 0.3) is 10.0 Å². The first-order valence-corrected chi connectivity index (χ1v) is 13.8. The molecule has 0 atom stereocenters. The number of nitrogens with zero attached hydrogens (tertiary/aromatic N) is 2. The molecular weight excluding hydrogens is 468 g/mol. The maximum atomic E-state index is 13.7. The average Bonchev–Trinajstić information content (AvgIpc) is 3.12. The van der Waals surface area contributed by atoms with E-state index in [0.717, 1.165) is 10.9 Å². The molecule has 0 aliphatic carbocycles. The van der Waals surface area contributed by atoms with E-state index in [1.807, 2.05) is 25.1 Å². The van der Waals surface area contributed by atoms with Gasteiger partial charge in [0.1, 0.15) is 0 Å². The largest absolute Gasteiger partial charge is 0.268 e. The van der Waals surface area contributed by atoms with Gasteiger partial charge in [0.05, 0.1) is 15.3 Å². The van der Waals surface area contributed by atoms with Crippen molar-refractivity contribution in [3.05, 3.63) is 108 Å². The van der Waals surface area contributed by atoms with Crippen LogP contribution in [0.3, 0.4) is 0 Å². The van der Waals surface area contributed by atoms with Gasteiger partial charge in [-0.3, -0.25) is 0 Å². The van der Waals surface area contributed by atoms with Gasteiger partial charge in [-0.1, -0.05) is 66.2 Å². The van der Waals surface area contributed by atoms with Crippen molar-refractivity contribution < 1.29 is 16.8 Å². The van der Waals surface area contributed by atoms with Crippen molar-refractivity contribution in [1.82, 2.24) is 8.28 Å². The second-order valence-corrected chi connectivity index (χ2v) is 12.0. The first-order valence-electron chi connectivity index (χ1n) is 10.9. The molecule has 5 rings (SSSR count). The molecule has 1 aliphatic rings. The van der Waals surface area contributed by atoms with Crippen LogP contribution in [0.1, 0.15) is 16.8 Å². The van der Waals surface area contributed by atoms with Gasteiger partial charge in [-0.05, 0) is 42.8 Å². The van der Waals surface area contributed by atoms with Gasteiger partial charge in [0.15, 0.2) is 0 Å². The van der Waals surface area contributed by atoms with Crippen LogP contribution in [-0.2, 0) is 33.0 Å². The molecule has 0 radical (unpaired) electrons. The van der Waals surface area contributed by atoms with Crippen molar-refractivity contribution in [3.63, 3.8) is 0 Å². The lowest BCUT2D eigenvalue weighted by molar-refractivity contribution is 0.436. The van der Waals surface area contributed by atoms with E-state index in [-0.39, 0.29) is 22.9 Å². The first-order chi connectivity index (χ1) is 16.3. The summed E-state index contributed by atoms with van der Waals surface area (Å²) in [5.41, 5.74) is 2.79. The highest BCUT2D eigenvalue weighted by molar-refractivity contribution is 7.90. The highest BCUT2D eigenvalue weighted by Crippen LogP contribution is 2.34. The van der Waals surface area contributed by atoms with Crippen LogP contribution in [0.4, 0.5) is 0 Å². The monoisotopic (exact) mass is 492 g/mol. The molecule has 0 saturated carbocycles. The molecule has 34 heavy (non-hydrogen) atoms. The topological polar surface area (TPSA) is 76.5 Å². The second-order valence-electron chi connectivity index (χ2n) is 8.31. The molecule has 0 fully saturated rings. The molecule has 174 valence electrons. The van der Waals surface area contributed by atoms with Crippen molar-refractivity contribution in [2.45, 2.75) is 29.7 Å². The van der Waals surface area contributed by atoms with E-state index >= 15 is 0 Å². The molecule has 0 N–H and O–H groups in total. The van der Waals surface area contributed by atoms with Gasteiger partial charge >= 0.3 is 0 Å². The van der Waals surface area contributed by atoms with Gasteiger partial charge in [0.2, 0.25) is 10.0 Å². The Morgan fingerprint density at radius 3 is 2.09 bits per heavy atom. The van der Waals surface area contributed by atoms with Gasteiger partial charge in [-0.25, -0.2) is 20.8 Å². The Balaban J connectivity index is 1.70. The summed E-state index contributed by atoms with van der Waals surface area (Å²) in [4.78, 5) is 0.406. The summed E-state index contributed by atoms with van der Waals surface area (Å²) in [5, 5.41) is 0.733. The summed E-state index contributed by atoms with van der Waals surface area (Å²) in [6.45, 7) is 2.19. The maximum absolute atomic E-state index is 13.7. The van der Waals surface area contributed by atoms with Gasteiger partial charge < -0.3 is 0 Å². The van der Waals surface area contributed by atoms with Crippen LogP contribution in [0, 0.1) is 6.92 Å². The minimum Gasteiger partial charge on any atom is -0.237 e. The van der Waals surface area contributed by atoms with Crippen molar-refractivity contribution >= 4 is 30.9 Å². The standard InChI is InChI=1S/C26H24N2O4S2/c1-20-14-16-22(17-15-20)33(29,30)27-18-8-7-13-26-24(19-27)23-11-5-6-12-25(23)28(26)34(31,32)21-9-3-2-4-10-21/h2-12,14-17H,13,18-19H2,1H3/b8-7-. The van der Waals surface area contributed by atoms with Crippen molar-refractivity contribution in [2.75, 3.05) is 6.54 Å². The fourth-order valence-electron chi connectivity index (χ4n) is 4.35. The molecule has 3 aromatic carbocycles. The van der Waals surface area contributed by atoms with Crippen LogP contribution >= 0.6 is 0 Å². The zero-order valence-electron chi connectivity index (χ0n) is 18.6. The number of aromatic nitrogens is 1. The third-order valence-corrected chi connectivity index (χ3v) is 9.69. The van der Waals surface area contributed by atoms with Gasteiger partial charge in [-0.15, -0.1) is 0 Å². The fraction of sp³-hybridized carbons (Fsp3) is 0.154. The molecule has 0 amide bonds. The number of fused-ring (bicyclic) bond motifs is 3. The lowest BCUT2D eigenvalue weighted by Crippen LogP contribution is -2.32. The predicted octanol–water partition coefficient (Wildman–Crippen LogP) is 4.49. The van der Waals surface area contributed by atoms with Crippen molar-refractivity contribution in [1.29, 1.82) is 0 Å². The summed E-state index contributed by atoms with van der Waals surface area (Å²) in [6.07, 6.45) is 4.01. The Labute approximate surface area is 199 Å². The lowest BCUT2D eigenvalue weighted by Gasteiger charge is -2.23. The average molecular weight is 493 g/mol. The van der Waals surface area contributed by atoms with E-state index in [9.17, 15) is 16.8 Å². The van der Waals surface area contributed by atoms with Gasteiger partial charge in [0, 0.05) is 30.6 Å². The maximum Gasteiger partial charge on any atom is 0.268 e. The van der Waals surface area contributed by atoms with E-state index in [1.54, 1.807) is 72.8 Å². The molecule has 0 unspecified atom stereocenters. The zero-order valence-corrected chi connectivity index (χ0v) is 20.3. The Hall–Kier alpha value is -3.20. The molecule has 1 aromatic heterocycles. The Bertz CT molecular complexity index is 1600. The van der Waals surface area contributed by atoms with E-state index in [1.165, 1.54) is 8.28 Å². The van der Waals surface area contributed by atoms with Crippen LogP contribution < -0.4 is 0 Å². The molecule has 0 spiro atoms. The quantitative estimate of drug-likeness (QED) is 0.394. The predicted molar refractivity (Wildman–Crippen MR) is 133 cm³/mol. The number of sulfonamides is 1. The molecule has 4 aromatic rings. The molecule has 1 aliphatic heterocycles. The molecule has 0 saturated heterocycles. The zero-order chi connectivity index (χ0) is 23.9. The van der Waals surface area contributed by atoms with Crippen LogP contribution in [0.15, 0.2) is 101 Å². The molecule has 8 heteroatoms. The summed E-state index contributed by atoms with van der Waals surface area (Å²) in [5.74, 6) is 0. The number of allylic oxidation sites excluding steroid dienone is 1. The summed E-state index contributed by atoms with van der Waals surface area (Å²) in [7, 11) is -7.67. The highest BCUT2D eigenvalue weighted by Gasteiger charge is 2.31. The normalized spacial score (nSPS) is 16.0. The van der Waals surface area contributed by atoms with Crippen LogP contribution in [-0.4, -0.2) is 31.7 Å². The number of hydrogen-bond acceptors (Lipinski definition) is 4. The first kappa shape index (κ1) is 22.6. The Morgan fingerprint density at radius 1 is 0.706 bits per heavy atom. The van der Waals surface area contributed by atoms with E-state index < -0.39 is 20.0 Å². The van der Waals surface area contributed by atoms with E-state index in [2.05, 4.69) is 0 Å². The van der Waals surface area contributed by atoms with E-state index in [0.29, 0.717) is 23.2 Å². The molecule has 0 bridgehead atoms. The number of rotatable bonds is 4. The Kier molecular flexibility index (Phi) is 5.67. The minimum absolute atomic E-state index is 0.0771. The number of benzene rings is 3. The minimum atomic E-state index is -3.89.